The topological polar surface area (TPSA) is 63.2 Å². The fourth-order valence-corrected chi connectivity index (χ4v) is 2.46. The van der Waals surface area contributed by atoms with Gasteiger partial charge in [0.25, 0.3) is 5.91 Å². The average Bonchev–Trinajstić information content (AvgIpc) is 2.98. The zero-order valence-corrected chi connectivity index (χ0v) is 12.9. The molecule has 1 saturated heterocycles. The summed E-state index contributed by atoms with van der Waals surface area (Å²) >= 11 is 0. The Morgan fingerprint density at radius 3 is 3.05 bits per heavy atom. The number of nitrogens with zero attached hydrogens (tertiary/aromatic N) is 1. The molecule has 0 radical (unpaired) electrons. The second kappa shape index (κ2) is 7.98. The van der Waals surface area contributed by atoms with Gasteiger partial charge in [0.05, 0.1) is 17.4 Å². The molecule has 116 valence electrons. The number of amides is 1. The van der Waals surface area contributed by atoms with Crippen LogP contribution in [-0.2, 0) is 4.74 Å². The van der Waals surface area contributed by atoms with Gasteiger partial charge in [-0.05, 0) is 38.7 Å². The van der Waals surface area contributed by atoms with Gasteiger partial charge in [-0.25, -0.2) is 0 Å². The van der Waals surface area contributed by atoms with Gasteiger partial charge in [0.1, 0.15) is 0 Å². The number of rotatable bonds is 7. The van der Waals surface area contributed by atoms with Gasteiger partial charge in [0, 0.05) is 31.6 Å². The molecule has 1 aliphatic rings. The number of anilines is 1. The minimum absolute atomic E-state index is 0.0703. The maximum atomic E-state index is 12.3. The number of pyridine rings is 1. The van der Waals surface area contributed by atoms with E-state index in [0.29, 0.717) is 18.2 Å². The summed E-state index contributed by atoms with van der Waals surface area (Å²) < 4.78 is 5.56. The summed E-state index contributed by atoms with van der Waals surface area (Å²) in [7, 11) is 0. The highest BCUT2D eigenvalue weighted by atomic mass is 16.5. The van der Waals surface area contributed by atoms with Crippen molar-refractivity contribution in [2.24, 2.45) is 0 Å². The second-order valence-corrected chi connectivity index (χ2v) is 5.48. The van der Waals surface area contributed by atoms with E-state index in [4.69, 9.17) is 4.74 Å². The van der Waals surface area contributed by atoms with E-state index in [-0.39, 0.29) is 5.91 Å². The Balaban J connectivity index is 1.90. The van der Waals surface area contributed by atoms with Crippen LogP contribution in [0.1, 0.15) is 48.7 Å². The van der Waals surface area contributed by atoms with Gasteiger partial charge in [0.2, 0.25) is 0 Å². The number of carbonyl (C=O) groups excluding carboxylic acids is 1. The van der Waals surface area contributed by atoms with Crippen LogP contribution in [0.5, 0.6) is 0 Å². The molecule has 1 aromatic rings. The molecule has 1 amide bonds. The number of carbonyl (C=O) groups is 1. The van der Waals surface area contributed by atoms with E-state index in [1.807, 2.05) is 13.0 Å². The first-order chi connectivity index (χ1) is 10.2. The van der Waals surface area contributed by atoms with Gasteiger partial charge in [-0.15, -0.1) is 0 Å². The molecule has 1 aromatic heterocycles. The van der Waals surface area contributed by atoms with Gasteiger partial charge >= 0.3 is 0 Å². The van der Waals surface area contributed by atoms with Crippen molar-refractivity contribution in [2.75, 3.05) is 25.0 Å². The Hall–Kier alpha value is -1.62. The van der Waals surface area contributed by atoms with Crippen molar-refractivity contribution in [3.05, 3.63) is 23.5 Å². The van der Waals surface area contributed by atoms with Crippen LogP contribution in [0.3, 0.4) is 0 Å². The third-order valence-corrected chi connectivity index (χ3v) is 3.63. The summed E-state index contributed by atoms with van der Waals surface area (Å²) in [6.45, 7) is 6.37. The molecule has 0 bridgehead atoms. The summed E-state index contributed by atoms with van der Waals surface area (Å²) in [5.74, 6) is -0.0703. The van der Waals surface area contributed by atoms with E-state index >= 15 is 0 Å². The molecule has 1 atom stereocenters. The predicted octanol–water partition coefficient (Wildman–Crippen LogP) is 2.51. The molecule has 5 nitrogen and oxygen atoms in total. The number of hydrogen-bond donors (Lipinski definition) is 2. The lowest BCUT2D eigenvalue weighted by Gasteiger charge is -2.13. The minimum Gasteiger partial charge on any atom is -0.384 e. The van der Waals surface area contributed by atoms with Crippen LogP contribution in [-0.4, -0.2) is 36.7 Å². The normalized spacial score (nSPS) is 17.7. The molecule has 21 heavy (non-hydrogen) atoms. The van der Waals surface area contributed by atoms with E-state index in [0.717, 1.165) is 50.2 Å². The van der Waals surface area contributed by atoms with Crippen molar-refractivity contribution in [3.63, 3.8) is 0 Å². The quantitative estimate of drug-likeness (QED) is 0.810. The Morgan fingerprint density at radius 1 is 1.48 bits per heavy atom. The molecule has 1 fully saturated rings. The monoisotopic (exact) mass is 291 g/mol. The molecule has 1 unspecified atom stereocenters. The summed E-state index contributed by atoms with van der Waals surface area (Å²) in [5.41, 5.74) is 2.38. The first kappa shape index (κ1) is 15.8. The molecule has 1 aliphatic heterocycles. The second-order valence-electron chi connectivity index (χ2n) is 5.48. The van der Waals surface area contributed by atoms with Crippen LogP contribution in [0, 0.1) is 6.92 Å². The third-order valence-electron chi connectivity index (χ3n) is 3.63. The Morgan fingerprint density at radius 2 is 2.33 bits per heavy atom. The summed E-state index contributed by atoms with van der Waals surface area (Å²) in [6.07, 6.45) is 6.08. The molecule has 2 heterocycles. The molecular formula is C16H25N3O2. The highest BCUT2D eigenvalue weighted by Gasteiger charge is 2.16. The Kier molecular flexibility index (Phi) is 5.99. The van der Waals surface area contributed by atoms with Crippen molar-refractivity contribution in [1.82, 2.24) is 10.3 Å². The number of aromatic nitrogens is 1. The standard InChI is InChI=1S/C16H25N3O2/c1-3-7-17-15-10-12(2)19-11-14(15)16(20)18-8-6-13-5-4-9-21-13/h10-11,13H,3-9H2,1-2H3,(H,17,19)(H,18,20). The minimum atomic E-state index is -0.0703. The lowest BCUT2D eigenvalue weighted by molar-refractivity contribution is 0.0907. The summed E-state index contributed by atoms with van der Waals surface area (Å²) in [6, 6.07) is 1.92. The lowest BCUT2D eigenvalue weighted by Crippen LogP contribution is -2.28. The molecule has 0 aromatic carbocycles. The SMILES string of the molecule is CCCNc1cc(C)ncc1C(=O)NCCC1CCCO1. The Bertz CT molecular complexity index is 471. The molecule has 5 heteroatoms. The maximum absolute atomic E-state index is 12.3. The van der Waals surface area contributed by atoms with E-state index < -0.39 is 0 Å². The van der Waals surface area contributed by atoms with Crippen LogP contribution in [0.25, 0.3) is 0 Å². The van der Waals surface area contributed by atoms with Crippen LogP contribution in [0.4, 0.5) is 5.69 Å². The van der Waals surface area contributed by atoms with Crippen molar-refractivity contribution in [2.45, 2.75) is 45.6 Å². The fraction of sp³-hybridized carbons (Fsp3) is 0.625. The fourth-order valence-electron chi connectivity index (χ4n) is 2.46. The largest absolute Gasteiger partial charge is 0.384 e. The Labute approximate surface area is 126 Å². The van der Waals surface area contributed by atoms with Gasteiger partial charge in [0.15, 0.2) is 0 Å². The van der Waals surface area contributed by atoms with E-state index in [1.54, 1.807) is 6.20 Å². The van der Waals surface area contributed by atoms with Crippen LogP contribution in [0.15, 0.2) is 12.3 Å². The smallest absolute Gasteiger partial charge is 0.254 e. The van der Waals surface area contributed by atoms with Crippen molar-refractivity contribution >= 4 is 11.6 Å². The zero-order chi connectivity index (χ0) is 15.1. The van der Waals surface area contributed by atoms with Crippen molar-refractivity contribution < 1.29 is 9.53 Å². The number of hydrogen-bond acceptors (Lipinski definition) is 4. The van der Waals surface area contributed by atoms with Crippen LogP contribution in [0.2, 0.25) is 0 Å². The first-order valence-corrected chi connectivity index (χ1v) is 7.81. The third kappa shape index (κ3) is 4.70. The lowest BCUT2D eigenvalue weighted by atomic mass is 10.1. The van der Waals surface area contributed by atoms with Gasteiger partial charge in [-0.2, -0.15) is 0 Å². The first-order valence-electron chi connectivity index (χ1n) is 7.81. The molecular weight excluding hydrogens is 266 g/mol. The molecule has 0 aliphatic carbocycles. The van der Waals surface area contributed by atoms with Crippen LogP contribution >= 0.6 is 0 Å². The van der Waals surface area contributed by atoms with E-state index in [2.05, 4.69) is 22.5 Å². The summed E-state index contributed by atoms with van der Waals surface area (Å²) in [4.78, 5) is 16.5. The highest BCUT2D eigenvalue weighted by molar-refractivity contribution is 5.99. The van der Waals surface area contributed by atoms with E-state index in [9.17, 15) is 4.79 Å². The average molecular weight is 291 g/mol. The predicted molar refractivity (Wildman–Crippen MR) is 83.7 cm³/mol. The number of nitrogens with one attached hydrogen (secondary N) is 2. The number of ether oxygens (including phenoxy) is 1. The molecule has 2 rings (SSSR count). The van der Waals surface area contributed by atoms with Crippen LogP contribution < -0.4 is 10.6 Å². The zero-order valence-electron chi connectivity index (χ0n) is 12.9. The van der Waals surface area contributed by atoms with E-state index in [1.165, 1.54) is 0 Å². The maximum Gasteiger partial charge on any atom is 0.254 e. The van der Waals surface area contributed by atoms with Crippen molar-refractivity contribution in [1.29, 1.82) is 0 Å². The summed E-state index contributed by atoms with van der Waals surface area (Å²) in [5, 5.41) is 6.25. The van der Waals surface area contributed by atoms with Gasteiger partial charge in [-0.3, -0.25) is 9.78 Å². The number of aryl methyl sites for hydroxylation is 1. The molecule has 2 N–H and O–H groups in total. The van der Waals surface area contributed by atoms with Crippen molar-refractivity contribution in [3.8, 4) is 0 Å². The van der Waals surface area contributed by atoms with Gasteiger partial charge < -0.3 is 15.4 Å². The molecule has 0 spiro atoms. The van der Waals surface area contributed by atoms with Gasteiger partial charge in [-0.1, -0.05) is 6.92 Å². The molecule has 0 saturated carbocycles. The highest BCUT2D eigenvalue weighted by Crippen LogP contribution is 2.17.